The topological polar surface area (TPSA) is 112 Å². The van der Waals surface area contributed by atoms with E-state index < -0.39 is 0 Å². The number of aromatic nitrogens is 2. The van der Waals surface area contributed by atoms with Crippen LogP contribution in [0.5, 0.6) is 11.5 Å². The van der Waals surface area contributed by atoms with Gasteiger partial charge in [0.2, 0.25) is 5.91 Å². The Bertz CT molecular complexity index is 1150. The molecule has 3 N–H and O–H groups in total. The van der Waals surface area contributed by atoms with E-state index in [1.807, 2.05) is 59.6 Å². The maximum Gasteiger partial charge on any atom is 0.272 e. The lowest BCUT2D eigenvalue weighted by Gasteiger charge is -2.31. The molecule has 0 bridgehead atoms. The average Bonchev–Trinajstić information content (AvgIpc) is 3.31. The fourth-order valence-corrected chi connectivity index (χ4v) is 4.18. The summed E-state index contributed by atoms with van der Waals surface area (Å²) in [5.41, 5.74) is 7.96. The van der Waals surface area contributed by atoms with Crippen molar-refractivity contribution in [2.45, 2.75) is 18.9 Å². The van der Waals surface area contributed by atoms with Gasteiger partial charge in [-0.2, -0.15) is 5.10 Å². The number of carbonyl (C=O) groups is 2. The molecule has 0 saturated carbocycles. The maximum absolute atomic E-state index is 13.4. The number of nitrogens with zero attached hydrogens (tertiary/aromatic N) is 3. The zero-order valence-electron chi connectivity index (χ0n) is 19.4. The molecule has 0 atom stereocenters. The molecule has 34 heavy (non-hydrogen) atoms. The van der Waals surface area contributed by atoms with Crippen LogP contribution in [0.25, 0.3) is 16.8 Å². The number of rotatable bonds is 8. The van der Waals surface area contributed by atoms with Crippen LogP contribution >= 0.6 is 0 Å². The molecule has 0 aliphatic carbocycles. The standard InChI is InChI=1S/C25H29N5O4/c1-33-21-9-8-17(14-22(21)34-2)20-15-30(19-6-4-3-5-7-19)28-24(20)25(32)27-18-10-12-29(13-11-18)16-23(26)31/h3-9,14-15,18H,10-13,16H2,1-2H3,(H2,26,31)(H,27,32). The number of nitrogens with two attached hydrogens (primary N) is 1. The number of primary amides is 1. The van der Waals surface area contributed by atoms with Crippen molar-refractivity contribution in [2.75, 3.05) is 33.9 Å². The summed E-state index contributed by atoms with van der Waals surface area (Å²) in [4.78, 5) is 26.5. The highest BCUT2D eigenvalue weighted by Gasteiger charge is 2.25. The summed E-state index contributed by atoms with van der Waals surface area (Å²) in [6.45, 7) is 1.65. The fraction of sp³-hybridized carbons (Fsp3) is 0.320. The zero-order valence-corrected chi connectivity index (χ0v) is 19.4. The number of ether oxygens (including phenoxy) is 2. The fourth-order valence-electron chi connectivity index (χ4n) is 4.18. The summed E-state index contributed by atoms with van der Waals surface area (Å²) in [5.74, 6) is 0.595. The van der Waals surface area contributed by atoms with Gasteiger partial charge in [0.15, 0.2) is 17.2 Å². The number of benzene rings is 2. The number of amides is 2. The van der Waals surface area contributed by atoms with Crippen molar-refractivity contribution >= 4 is 11.8 Å². The number of methoxy groups -OCH3 is 2. The SMILES string of the molecule is COc1ccc(-c2cn(-c3ccccc3)nc2C(=O)NC2CCN(CC(N)=O)CC2)cc1OC. The van der Waals surface area contributed by atoms with Gasteiger partial charge in [0.05, 0.1) is 26.5 Å². The van der Waals surface area contributed by atoms with Crippen LogP contribution in [-0.4, -0.2) is 66.4 Å². The molecular formula is C25H29N5O4. The van der Waals surface area contributed by atoms with Crippen LogP contribution < -0.4 is 20.5 Å². The van der Waals surface area contributed by atoms with Crippen LogP contribution in [0.2, 0.25) is 0 Å². The van der Waals surface area contributed by atoms with E-state index in [1.54, 1.807) is 18.9 Å². The number of piperidine rings is 1. The number of hydrogen-bond donors (Lipinski definition) is 2. The minimum absolute atomic E-state index is 0.00300. The first kappa shape index (κ1) is 23.3. The molecule has 0 unspecified atom stereocenters. The van der Waals surface area contributed by atoms with Gasteiger partial charge < -0.3 is 20.5 Å². The Morgan fingerprint density at radius 3 is 2.41 bits per heavy atom. The smallest absolute Gasteiger partial charge is 0.272 e. The van der Waals surface area contributed by atoms with Crippen LogP contribution in [0, 0.1) is 0 Å². The van der Waals surface area contributed by atoms with E-state index in [4.69, 9.17) is 15.2 Å². The quantitative estimate of drug-likeness (QED) is 0.530. The van der Waals surface area contributed by atoms with Crippen LogP contribution in [0.15, 0.2) is 54.7 Å². The van der Waals surface area contributed by atoms with Crippen LogP contribution in [-0.2, 0) is 4.79 Å². The molecule has 9 nitrogen and oxygen atoms in total. The molecule has 1 fully saturated rings. The molecule has 2 amide bonds. The van der Waals surface area contributed by atoms with Crippen molar-refractivity contribution in [3.05, 3.63) is 60.4 Å². The minimum Gasteiger partial charge on any atom is -0.493 e. The number of hydrogen-bond acceptors (Lipinski definition) is 6. The third-order valence-corrected chi connectivity index (χ3v) is 5.95. The highest BCUT2D eigenvalue weighted by molar-refractivity contribution is 5.99. The molecule has 9 heteroatoms. The van der Waals surface area contributed by atoms with E-state index in [1.165, 1.54) is 0 Å². The summed E-state index contributed by atoms with van der Waals surface area (Å²) < 4.78 is 12.5. The molecule has 178 valence electrons. The molecule has 3 aromatic rings. The molecule has 2 heterocycles. The Labute approximate surface area is 198 Å². The number of likely N-dealkylation sites (tertiary alicyclic amines) is 1. The Morgan fingerprint density at radius 2 is 1.76 bits per heavy atom. The Hall–Kier alpha value is -3.85. The van der Waals surface area contributed by atoms with Gasteiger partial charge in [0, 0.05) is 30.9 Å². The van der Waals surface area contributed by atoms with Crippen LogP contribution in [0.3, 0.4) is 0 Å². The molecule has 0 spiro atoms. The summed E-state index contributed by atoms with van der Waals surface area (Å²) in [5, 5.41) is 7.76. The predicted octanol–water partition coefficient (Wildman–Crippen LogP) is 2.24. The normalized spacial score (nSPS) is 14.5. The van der Waals surface area contributed by atoms with Gasteiger partial charge in [0.1, 0.15) is 0 Å². The van der Waals surface area contributed by atoms with Gasteiger partial charge in [-0.1, -0.05) is 24.3 Å². The first-order valence-electron chi connectivity index (χ1n) is 11.2. The van der Waals surface area contributed by atoms with Gasteiger partial charge in [-0.15, -0.1) is 0 Å². The van der Waals surface area contributed by atoms with Gasteiger partial charge in [-0.3, -0.25) is 14.5 Å². The van der Waals surface area contributed by atoms with Crippen molar-refractivity contribution in [3.8, 4) is 28.3 Å². The van der Waals surface area contributed by atoms with Crippen molar-refractivity contribution < 1.29 is 19.1 Å². The second-order valence-electron chi connectivity index (χ2n) is 8.23. The third kappa shape index (κ3) is 5.20. The Morgan fingerprint density at radius 1 is 1.06 bits per heavy atom. The van der Waals surface area contributed by atoms with E-state index in [9.17, 15) is 9.59 Å². The van der Waals surface area contributed by atoms with E-state index in [0.717, 1.165) is 24.1 Å². The van der Waals surface area contributed by atoms with Gasteiger partial charge in [-0.25, -0.2) is 4.68 Å². The van der Waals surface area contributed by atoms with Crippen LogP contribution in [0.4, 0.5) is 0 Å². The zero-order chi connectivity index (χ0) is 24.1. The average molecular weight is 464 g/mol. The number of nitrogens with one attached hydrogen (secondary N) is 1. The minimum atomic E-state index is -0.339. The molecule has 0 radical (unpaired) electrons. The summed E-state index contributed by atoms with van der Waals surface area (Å²) in [7, 11) is 3.16. The largest absolute Gasteiger partial charge is 0.493 e. The molecule has 1 aliphatic rings. The van der Waals surface area contributed by atoms with E-state index in [2.05, 4.69) is 10.4 Å². The second-order valence-corrected chi connectivity index (χ2v) is 8.23. The summed E-state index contributed by atoms with van der Waals surface area (Å²) >= 11 is 0. The van der Waals surface area contributed by atoms with E-state index >= 15 is 0 Å². The Balaban J connectivity index is 1.61. The summed E-state index contributed by atoms with van der Waals surface area (Å²) in [6.07, 6.45) is 3.33. The first-order valence-corrected chi connectivity index (χ1v) is 11.2. The molecule has 1 aromatic heterocycles. The molecule has 2 aromatic carbocycles. The predicted molar refractivity (Wildman–Crippen MR) is 128 cm³/mol. The van der Waals surface area contributed by atoms with Gasteiger partial charge in [0.25, 0.3) is 5.91 Å². The molecule has 4 rings (SSSR count). The molecular weight excluding hydrogens is 434 g/mol. The number of para-hydroxylation sites is 1. The van der Waals surface area contributed by atoms with Crippen molar-refractivity contribution in [1.29, 1.82) is 0 Å². The lowest BCUT2D eigenvalue weighted by Crippen LogP contribution is -2.46. The molecule has 1 aliphatic heterocycles. The van der Waals surface area contributed by atoms with Gasteiger partial charge in [-0.05, 0) is 42.7 Å². The lowest BCUT2D eigenvalue weighted by atomic mass is 10.0. The number of carbonyl (C=O) groups excluding carboxylic acids is 2. The monoisotopic (exact) mass is 463 g/mol. The highest BCUT2D eigenvalue weighted by atomic mass is 16.5. The maximum atomic E-state index is 13.4. The highest BCUT2D eigenvalue weighted by Crippen LogP contribution is 2.34. The van der Waals surface area contributed by atoms with Crippen molar-refractivity contribution in [3.63, 3.8) is 0 Å². The van der Waals surface area contributed by atoms with Gasteiger partial charge >= 0.3 is 0 Å². The third-order valence-electron chi connectivity index (χ3n) is 5.95. The lowest BCUT2D eigenvalue weighted by molar-refractivity contribution is -0.119. The second kappa shape index (κ2) is 10.4. The van der Waals surface area contributed by atoms with E-state index in [0.29, 0.717) is 35.8 Å². The summed E-state index contributed by atoms with van der Waals surface area (Å²) in [6, 6.07) is 15.2. The Kier molecular flexibility index (Phi) is 7.12. The van der Waals surface area contributed by atoms with Crippen molar-refractivity contribution in [2.24, 2.45) is 5.73 Å². The van der Waals surface area contributed by atoms with Crippen LogP contribution in [0.1, 0.15) is 23.3 Å². The molecule has 1 saturated heterocycles. The first-order chi connectivity index (χ1) is 16.5. The van der Waals surface area contributed by atoms with Crippen molar-refractivity contribution in [1.82, 2.24) is 20.0 Å². The van der Waals surface area contributed by atoms with E-state index in [-0.39, 0.29) is 24.4 Å².